The molecule has 5 rings (SSSR count). The summed E-state index contributed by atoms with van der Waals surface area (Å²) >= 11 is 0. The van der Waals surface area contributed by atoms with Crippen molar-refractivity contribution >= 4 is 5.91 Å². The smallest absolute Gasteiger partial charge is 0.242 e. The van der Waals surface area contributed by atoms with E-state index in [9.17, 15) is 9.90 Å². The van der Waals surface area contributed by atoms with Crippen molar-refractivity contribution in [2.45, 2.75) is 31.6 Å². The van der Waals surface area contributed by atoms with Crippen LogP contribution in [0.2, 0.25) is 0 Å². The number of phenols is 1. The molecule has 3 heterocycles. The van der Waals surface area contributed by atoms with Gasteiger partial charge in [0.05, 0.1) is 32.0 Å². The molecule has 1 aromatic heterocycles. The zero-order valence-electron chi connectivity index (χ0n) is 17.4. The molecule has 7 heteroatoms. The number of nitrogens with one attached hydrogen (secondary N) is 2. The molecular weight excluding hydrogens is 394 g/mol. The number of hydrogen-bond acceptors (Lipinski definition) is 6. The largest absolute Gasteiger partial charge is 0.508 e. The van der Waals surface area contributed by atoms with E-state index in [0.29, 0.717) is 6.54 Å². The van der Waals surface area contributed by atoms with Gasteiger partial charge in [0.25, 0.3) is 0 Å². The van der Waals surface area contributed by atoms with Crippen LogP contribution in [0.25, 0.3) is 0 Å². The van der Waals surface area contributed by atoms with E-state index in [1.807, 2.05) is 60.4 Å². The van der Waals surface area contributed by atoms with Crippen LogP contribution in [0.5, 0.6) is 11.5 Å². The van der Waals surface area contributed by atoms with Crippen LogP contribution in [0.15, 0.2) is 65.3 Å². The van der Waals surface area contributed by atoms with Gasteiger partial charge < -0.3 is 19.2 Å². The molecule has 3 aromatic rings. The van der Waals surface area contributed by atoms with Gasteiger partial charge in [-0.25, -0.2) is 10.9 Å². The average molecular weight is 419 g/mol. The Morgan fingerprint density at radius 3 is 2.71 bits per heavy atom. The fourth-order valence-electron chi connectivity index (χ4n) is 4.86. The molecule has 0 saturated carbocycles. The molecule has 0 bridgehead atoms. The summed E-state index contributed by atoms with van der Waals surface area (Å²) in [4.78, 5) is 15.3. The Labute approximate surface area is 180 Å². The number of carbonyl (C=O) groups excluding carboxylic acids is 1. The van der Waals surface area contributed by atoms with Gasteiger partial charge in [-0.1, -0.05) is 29.8 Å². The minimum atomic E-state index is -0.420. The van der Waals surface area contributed by atoms with Crippen LogP contribution >= 0.6 is 0 Å². The predicted molar refractivity (Wildman–Crippen MR) is 114 cm³/mol. The van der Waals surface area contributed by atoms with Crippen LogP contribution in [0.3, 0.4) is 0 Å². The maximum absolute atomic E-state index is 13.5. The summed E-state index contributed by atoms with van der Waals surface area (Å²) in [6.07, 6.45) is 1.62. The Morgan fingerprint density at radius 2 is 1.94 bits per heavy atom. The fourth-order valence-corrected chi connectivity index (χ4v) is 4.86. The molecular formula is C24H25N3O4. The number of rotatable bonds is 5. The number of benzene rings is 2. The highest BCUT2D eigenvalue weighted by Gasteiger charge is 2.56. The molecule has 7 nitrogen and oxygen atoms in total. The second-order valence-corrected chi connectivity index (χ2v) is 8.15. The summed E-state index contributed by atoms with van der Waals surface area (Å²) < 4.78 is 11.0. The van der Waals surface area contributed by atoms with Gasteiger partial charge in [0.15, 0.2) is 0 Å². The number of amides is 1. The first-order valence-electron chi connectivity index (χ1n) is 10.3. The molecule has 0 spiro atoms. The van der Waals surface area contributed by atoms with Crippen LogP contribution < -0.4 is 15.6 Å². The number of phenolic OH excluding ortho intramolecular Hbond substituents is 1. The number of fused-ring (bicyclic) bond motifs is 1. The third-order valence-electron chi connectivity index (χ3n) is 6.27. The number of hydrazine groups is 1. The van der Waals surface area contributed by atoms with E-state index in [2.05, 4.69) is 10.9 Å². The molecule has 2 aliphatic rings. The SMILES string of the molecule is COc1cccc(C2C3C(NNC3c3cc(C)ccc3O)C(=O)N2Cc2ccco2)c1. The van der Waals surface area contributed by atoms with Crippen LogP contribution in [0, 0.1) is 12.8 Å². The summed E-state index contributed by atoms with van der Waals surface area (Å²) in [6, 6.07) is 16.2. The van der Waals surface area contributed by atoms with Crippen molar-refractivity contribution in [1.29, 1.82) is 0 Å². The lowest BCUT2D eigenvalue weighted by atomic mass is 9.82. The Balaban J connectivity index is 1.60. The average Bonchev–Trinajstić information content (AvgIpc) is 3.50. The Kier molecular flexibility index (Phi) is 4.92. The number of likely N-dealkylation sites (tertiary alicyclic amines) is 1. The first-order chi connectivity index (χ1) is 15.1. The van der Waals surface area contributed by atoms with E-state index in [-0.39, 0.29) is 29.7 Å². The Bertz CT molecular complexity index is 1100. The monoisotopic (exact) mass is 419 g/mol. The summed E-state index contributed by atoms with van der Waals surface area (Å²) in [5.41, 5.74) is 9.26. The van der Waals surface area contributed by atoms with Gasteiger partial charge in [-0.15, -0.1) is 0 Å². The number of furan rings is 1. The molecule has 2 aliphatic heterocycles. The molecule has 4 unspecified atom stereocenters. The van der Waals surface area contributed by atoms with Crippen molar-refractivity contribution in [2.75, 3.05) is 7.11 Å². The highest BCUT2D eigenvalue weighted by molar-refractivity contribution is 5.86. The zero-order valence-corrected chi connectivity index (χ0v) is 17.4. The molecule has 4 atom stereocenters. The quantitative estimate of drug-likeness (QED) is 0.589. The second-order valence-electron chi connectivity index (χ2n) is 8.15. The highest BCUT2D eigenvalue weighted by atomic mass is 16.5. The Hall–Kier alpha value is -3.29. The predicted octanol–water partition coefficient (Wildman–Crippen LogP) is 3.22. The van der Waals surface area contributed by atoms with Gasteiger partial charge in [-0.2, -0.15) is 0 Å². The molecule has 0 radical (unpaired) electrons. The van der Waals surface area contributed by atoms with Gasteiger partial charge >= 0.3 is 0 Å². The molecule has 2 fully saturated rings. The van der Waals surface area contributed by atoms with Gasteiger partial charge in [0.2, 0.25) is 5.91 Å². The molecule has 3 N–H and O–H groups in total. The summed E-state index contributed by atoms with van der Waals surface area (Å²) in [5.74, 6) is 1.54. The number of aryl methyl sites for hydroxylation is 1. The lowest BCUT2D eigenvalue weighted by Crippen LogP contribution is -2.41. The number of carbonyl (C=O) groups is 1. The van der Waals surface area contributed by atoms with E-state index < -0.39 is 6.04 Å². The van der Waals surface area contributed by atoms with Crippen LogP contribution in [-0.2, 0) is 11.3 Å². The van der Waals surface area contributed by atoms with Gasteiger partial charge in [-0.05, 0) is 42.8 Å². The number of methoxy groups -OCH3 is 1. The minimum Gasteiger partial charge on any atom is -0.508 e. The van der Waals surface area contributed by atoms with Crippen LogP contribution in [-0.4, -0.2) is 29.1 Å². The lowest BCUT2D eigenvalue weighted by Gasteiger charge is -2.31. The highest BCUT2D eigenvalue weighted by Crippen LogP contribution is 2.49. The maximum Gasteiger partial charge on any atom is 0.242 e. The van der Waals surface area contributed by atoms with Crippen molar-refractivity contribution in [3.05, 3.63) is 83.3 Å². The number of ether oxygens (including phenoxy) is 1. The topological polar surface area (TPSA) is 87.0 Å². The summed E-state index contributed by atoms with van der Waals surface area (Å²) in [6.45, 7) is 2.36. The van der Waals surface area contributed by atoms with E-state index >= 15 is 0 Å². The third-order valence-corrected chi connectivity index (χ3v) is 6.27. The summed E-state index contributed by atoms with van der Waals surface area (Å²) in [7, 11) is 1.63. The van der Waals surface area contributed by atoms with Crippen LogP contribution in [0.1, 0.15) is 34.5 Å². The zero-order chi connectivity index (χ0) is 21.5. The van der Waals surface area contributed by atoms with E-state index in [1.54, 1.807) is 19.4 Å². The number of aromatic hydroxyl groups is 1. The maximum atomic E-state index is 13.5. The molecule has 2 aromatic carbocycles. The first-order valence-corrected chi connectivity index (χ1v) is 10.3. The normalized spacial score (nSPS) is 25.1. The van der Waals surface area contributed by atoms with Crippen molar-refractivity contribution in [2.24, 2.45) is 5.92 Å². The Morgan fingerprint density at radius 1 is 1.10 bits per heavy atom. The molecule has 160 valence electrons. The van der Waals surface area contributed by atoms with E-state index in [4.69, 9.17) is 9.15 Å². The summed E-state index contributed by atoms with van der Waals surface area (Å²) in [5, 5.41) is 10.6. The molecule has 1 amide bonds. The standard InChI is InChI=1S/C24H25N3O4/c1-14-8-9-19(28)18(11-14)21-20-22(26-25-21)24(29)27(13-17-7-4-10-31-17)23(20)15-5-3-6-16(12-15)30-2/h3-12,20-23,25-26,28H,13H2,1-2H3. The van der Waals surface area contributed by atoms with Gasteiger partial charge in [0, 0.05) is 11.5 Å². The molecule has 0 aliphatic carbocycles. The number of nitrogens with zero attached hydrogens (tertiary/aromatic N) is 1. The fraction of sp³-hybridized carbons (Fsp3) is 0.292. The van der Waals surface area contributed by atoms with Crippen molar-refractivity contribution in [1.82, 2.24) is 15.8 Å². The first kappa shape index (κ1) is 19.7. The van der Waals surface area contributed by atoms with Gasteiger partial charge in [0.1, 0.15) is 23.3 Å². The van der Waals surface area contributed by atoms with Gasteiger partial charge in [-0.3, -0.25) is 4.79 Å². The minimum absolute atomic E-state index is 0.00337. The van der Waals surface area contributed by atoms with Crippen molar-refractivity contribution in [3.8, 4) is 11.5 Å². The van der Waals surface area contributed by atoms with E-state index in [0.717, 1.165) is 28.2 Å². The van der Waals surface area contributed by atoms with Crippen molar-refractivity contribution < 1.29 is 19.1 Å². The molecule has 31 heavy (non-hydrogen) atoms. The van der Waals surface area contributed by atoms with E-state index in [1.165, 1.54) is 0 Å². The number of hydrogen-bond donors (Lipinski definition) is 3. The second kappa shape index (κ2) is 7.76. The lowest BCUT2D eigenvalue weighted by molar-refractivity contribution is -0.131. The third kappa shape index (κ3) is 3.36. The van der Waals surface area contributed by atoms with Crippen molar-refractivity contribution in [3.63, 3.8) is 0 Å². The van der Waals surface area contributed by atoms with Crippen LogP contribution in [0.4, 0.5) is 0 Å². The molecule has 2 saturated heterocycles.